The molecular formula is C20H18ClN3O3. The summed E-state index contributed by atoms with van der Waals surface area (Å²) >= 11 is 6.00. The maximum atomic E-state index is 12.6. The van der Waals surface area contributed by atoms with Crippen molar-refractivity contribution in [2.24, 2.45) is 5.92 Å². The van der Waals surface area contributed by atoms with Crippen molar-refractivity contribution in [3.05, 3.63) is 53.1 Å². The molecule has 2 aromatic carbocycles. The van der Waals surface area contributed by atoms with Crippen molar-refractivity contribution in [2.45, 2.75) is 13.3 Å². The third-order valence-corrected chi connectivity index (χ3v) is 4.62. The molecule has 1 fully saturated rings. The van der Waals surface area contributed by atoms with Gasteiger partial charge in [0.1, 0.15) is 11.8 Å². The van der Waals surface area contributed by atoms with Gasteiger partial charge in [0.2, 0.25) is 11.8 Å². The van der Waals surface area contributed by atoms with Gasteiger partial charge < -0.3 is 15.0 Å². The summed E-state index contributed by atoms with van der Waals surface area (Å²) in [7, 11) is 0. The molecular weight excluding hydrogens is 366 g/mol. The number of ether oxygens (including phenoxy) is 1. The number of hydrogen-bond acceptors (Lipinski definition) is 4. The Morgan fingerprint density at radius 2 is 2.15 bits per heavy atom. The average Bonchev–Trinajstić information content (AvgIpc) is 3.04. The number of anilines is 2. The zero-order chi connectivity index (χ0) is 19.4. The van der Waals surface area contributed by atoms with Gasteiger partial charge in [0, 0.05) is 18.7 Å². The van der Waals surface area contributed by atoms with E-state index in [9.17, 15) is 9.59 Å². The van der Waals surface area contributed by atoms with Crippen LogP contribution in [-0.4, -0.2) is 25.0 Å². The molecule has 2 aromatic rings. The molecule has 1 aliphatic rings. The number of benzene rings is 2. The van der Waals surface area contributed by atoms with Crippen LogP contribution in [-0.2, 0) is 9.59 Å². The van der Waals surface area contributed by atoms with Crippen molar-refractivity contribution >= 4 is 34.8 Å². The molecule has 1 heterocycles. The second kappa shape index (κ2) is 8.11. The van der Waals surface area contributed by atoms with Crippen molar-refractivity contribution in [3.63, 3.8) is 0 Å². The van der Waals surface area contributed by atoms with Crippen LogP contribution in [0.5, 0.6) is 5.75 Å². The lowest BCUT2D eigenvalue weighted by Gasteiger charge is -2.20. The van der Waals surface area contributed by atoms with E-state index in [0.29, 0.717) is 29.3 Å². The summed E-state index contributed by atoms with van der Waals surface area (Å²) in [5, 5.41) is 11.9. The molecule has 1 atom stereocenters. The minimum absolute atomic E-state index is 0.121. The normalized spacial score (nSPS) is 16.1. The molecule has 7 heteroatoms. The van der Waals surface area contributed by atoms with Crippen molar-refractivity contribution < 1.29 is 14.3 Å². The minimum Gasteiger partial charge on any atom is -0.492 e. The largest absolute Gasteiger partial charge is 0.492 e. The van der Waals surface area contributed by atoms with Crippen LogP contribution < -0.4 is 15.0 Å². The fourth-order valence-electron chi connectivity index (χ4n) is 3.00. The van der Waals surface area contributed by atoms with Crippen molar-refractivity contribution in [1.29, 1.82) is 5.26 Å². The van der Waals surface area contributed by atoms with E-state index in [-0.39, 0.29) is 29.8 Å². The fourth-order valence-corrected chi connectivity index (χ4v) is 3.22. The van der Waals surface area contributed by atoms with E-state index in [1.165, 1.54) is 6.07 Å². The van der Waals surface area contributed by atoms with E-state index in [2.05, 4.69) is 5.32 Å². The Bertz CT molecular complexity index is 923. The molecule has 0 radical (unpaired) electrons. The SMILES string of the molecule is CCOc1ccccc1N1CC(C(=O)Nc2ccc(C#N)c(Cl)c2)CC1=O. The molecule has 0 saturated carbocycles. The molecule has 1 unspecified atom stereocenters. The smallest absolute Gasteiger partial charge is 0.229 e. The van der Waals surface area contributed by atoms with Gasteiger partial charge in [-0.2, -0.15) is 5.26 Å². The molecule has 3 rings (SSSR count). The number of nitrogens with zero attached hydrogens (tertiary/aromatic N) is 2. The number of nitrogens with one attached hydrogen (secondary N) is 1. The van der Waals surface area contributed by atoms with Crippen LogP contribution in [0.25, 0.3) is 0 Å². The van der Waals surface area contributed by atoms with E-state index in [1.54, 1.807) is 23.1 Å². The zero-order valence-corrected chi connectivity index (χ0v) is 15.5. The summed E-state index contributed by atoms with van der Waals surface area (Å²) in [6, 6.07) is 13.9. The van der Waals surface area contributed by atoms with Crippen LogP contribution in [0.2, 0.25) is 5.02 Å². The molecule has 0 aliphatic carbocycles. The third-order valence-electron chi connectivity index (χ3n) is 4.31. The second-order valence-corrected chi connectivity index (χ2v) is 6.51. The Morgan fingerprint density at radius 1 is 1.37 bits per heavy atom. The number of carbonyl (C=O) groups is 2. The Balaban J connectivity index is 1.73. The van der Waals surface area contributed by atoms with Crippen molar-refractivity contribution in [3.8, 4) is 11.8 Å². The standard InChI is InChI=1S/C20H18ClN3O3/c1-2-27-18-6-4-3-5-17(18)24-12-14(9-19(24)25)20(26)23-15-8-7-13(11-22)16(21)10-15/h3-8,10,14H,2,9,12H2,1H3,(H,23,26). The summed E-state index contributed by atoms with van der Waals surface area (Å²) in [5.41, 5.74) is 1.50. The first-order chi connectivity index (χ1) is 13.0. The van der Waals surface area contributed by atoms with Crippen LogP contribution in [0.3, 0.4) is 0 Å². The lowest BCUT2D eigenvalue weighted by atomic mass is 10.1. The van der Waals surface area contributed by atoms with Crippen LogP contribution in [0, 0.1) is 17.2 Å². The number of nitriles is 1. The highest BCUT2D eigenvalue weighted by Crippen LogP contribution is 2.33. The van der Waals surface area contributed by atoms with Gasteiger partial charge >= 0.3 is 0 Å². The summed E-state index contributed by atoms with van der Waals surface area (Å²) in [6.07, 6.45) is 0.121. The third kappa shape index (κ3) is 4.04. The van der Waals surface area contributed by atoms with Crippen LogP contribution in [0.1, 0.15) is 18.9 Å². The van der Waals surface area contributed by atoms with Crippen LogP contribution in [0.15, 0.2) is 42.5 Å². The topological polar surface area (TPSA) is 82.4 Å². The van der Waals surface area contributed by atoms with Gasteiger partial charge in [-0.1, -0.05) is 23.7 Å². The summed E-state index contributed by atoms with van der Waals surface area (Å²) < 4.78 is 5.59. The van der Waals surface area contributed by atoms with Gasteiger partial charge in [-0.05, 0) is 37.3 Å². The Labute approximate surface area is 162 Å². The fraction of sp³-hybridized carbons (Fsp3) is 0.250. The molecule has 27 heavy (non-hydrogen) atoms. The molecule has 1 N–H and O–H groups in total. The molecule has 2 amide bonds. The Hall–Kier alpha value is -3.04. The Morgan fingerprint density at radius 3 is 2.85 bits per heavy atom. The molecule has 0 spiro atoms. The lowest BCUT2D eigenvalue weighted by Crippen LogP contribution is -2.28. The molecule has 138 valence electrons. The number of rotatable bonds is 5. The maximum Gasteiger partial charge on any atom is 0.229 e. The van der Waals surface area contributed by atoms with Crippen molar-refractivity contribution in [1.82, 2.24) is 0 Å². The summed E-state index contributed by atoms with van der Waals surface area (Å²) in [5.74, 6) is -0.254. The molecule has 0 aromatic heterocycles. The predicted molar refractivity (Wildman–Crippen MR) is 103 cm³/mol. The summed E-state index contributed by atoms with van der Waals surface area (Å²) in [6.45, 7) is 2.64. The number of carbonyl (C=O) groups excluding carboxylic acids is 2. The van der Waals surface area contributed by atoms with Gasteiger partial charge in [0.15, 0.2) is 0 Å². The Kier molecular flexibility index (Phi) is 5.63. The van der Waals surface area contributed by atoms with E-state index in [4.69, 9.17) is 21.6 Å². The first-order valence-electron chi connectivity index (χ1n) is 8.56. The number of amides is 2. The molecule has 1 saturated heterocycles. The van der Waals surface area contributed by atoms with Crippen LogP contribution in [0.4, 0.5) is 11.4 Å². The zero-order valence-electron chi connectivity index (χ0n) is 14.7. The highest BCUT2D eigenvalue weighted by molar-refractivity contribution is 6.32. The second-order valence-electron chi connectivity index (χ2n) is 6.10. The summed E-state index contributed by atoms with van der Waals surface area (Å²) in [4.78, 5) is 26.6. The van der Waals surface area contributed by atoms with Gasteiger partial charge in [0.25, 0.3) is 0 Å². The van der Waals surface area contributed by atoms with E-state index >= 15 is 0 Å². The quantitative estimate of drug-likeness (QED) is 0.855. The average molecular weight is 384 g/mol. The predicted octanol–water partition coefficient (Wildman–Crippen LogP) is 3.60. The first-order valence-corrected chi connectivity index (χ1v) is 8.94. The molecule has 6 nitrogen and oxygen atoms in total. The van der Waals surface area contributed by atoms with Crippen molar-refractivity contribution in [2.75, 3.05) is 23.4 Å². The van der Waals surface area contributed by atoms with Gasteiger partial charge in [-0.15, -0.1) is 0 Å². The van der Waals surface area contributed by atoms with Crippen LogP contribution >= 0.6 is 11.6 Å². The first kappa shape index (κ1) is 18.7. The highest BCUT2D eigenvalue weighted by Gasteiger charge is 2.36. The number of halogens is 1. The van der Waals surface area contributed by atoms with Gasteiger partial charge in [-0.3, -0.25) is 9.59 Å². The molecule has 0 bridgehead atoms. The number of para-hydroxylation sites is 2. The minimum atomic E-state index is -0.485. The maximum absolute atomic E-state index is 12.6. The van der Waals surface area contributed by atoms with E-state index < -0.39 is 5.92 Å². The van der Waals surface area contributed by atoms with E-state index in [0.717, 1.165) is 0 Å². The molecule has 1 aliphatic heterocycles. The lowest BCUT2D eigenvalue weighted by molar-refractivity contribution is -0.122. The van der Waals surface area contributed by atoms with E-state index in [1.807, 2.05) is 31.2 Å². The number of hydrogen-bond donors (Lipinski definition) is 1. The monoisotopic (exact) mass is 383 g/mol. The highest BCUT2D eigenvalue weighted by atomic mass is 35.5. The van der Waals surface area contributed by atoms with Gasteiger partial charge in [0.05, 0.1) is 28.8 Å². The van der Waals surface area contributed by atoms with Gasteiger partial charge in [-0.25, -0.2) is 0 Å².